The Kier molecular flexibility index (Phi) is 4.52. The number of nitrogens with zero attached hydrogens (tertiary/aromatic N) is 3. The van der Waals surface area contributed by atoms with E-state index in [1.165, 1.54) is 65.9 Å². The van der Waals surface area contributed by atoms with Crippen molar-refractivity contribution >= 4 is 54.9 Å². The van der Waals surface area contributed by atoms with Gasteiger partial charge in [-0.1, -0.05) is 98.8 Å². The number of aromatic nitrogens is 3. The fourth-order valence-corrected chi connectivity index (χ4v) is 6.77. The Hall–Kier alpha value is -5.15. The van der Waals surface area contributed by atoms with Gasteiger partial charge in [-0.05, 0) is 80.9 Å². The Balaban J connectivity index is 1.48. The van der Waals surface area contributed by atoms with Gasteiger partial charge in [0.25, 0.3) is 0 Å². The number of hydrogen-bond donors (Lipinski definition) is 0. The topological polar surface area (TPSA) is 21.7 Å². The van der Waals surface area contributed by atoms with Crippen molar-refractivity contribution in [2.24, 2.45) is 0 Å². The molecule has 0 fully saturated rings. The third-order valence-corrected chi connectivity index (χ3v) is 8.80. The van der Waals surface area contributed by atoms with Crippen molar-refractivity contribution in [2.45, 2.75) is 19.8 Å². The number of fused-ring (bicyclic) bond motifs is 9. The van der Waals surface area contributed by atoms with Gasteiger partial charge in [0.2, 0.25) is 5.78 Å². The molecule has 0 radical (unpaired) electrons. The van der Waals surface area contributed by atoms with E-state index in [0.29, 0.717) is 5.92 Å². The summed E-state index contributed by atoms with van der Waals surface area (Å²) in [7, 11) is 0. The van der Waals surface area contributed by atoms with Crippen LogP contribution in [-0.4, -0.2) is 13.8 Å². The molecule has 0 amide bonds. The maximum Gasteiger partial charge on any atom is 0.220 e. The van der Waals surface area contributed by atoms with Gasteiger partial charge in [-0.3, -0.25) is 8.80 Å². The lowest BCUT2D eigenvalue weighted by molar-refractivity contribution is 0.867. The van der Waals surface area contributed by atoms with E-state index >= 15 is 0 Å². The van der Waals surface area contributed by atoms with Crippen LogP contribution in [0.5, 0.6) is 0 Å². The third-order valence-electron chi connectivity index (χ3n) is 8.80. The predicted molar refractivity (Wildman–Crippen MR) is 172 cm³/mol. The molecule has 0 aliphatic carbocycles. The predicted octanol–water partition coefficient (Wildman–Crippen LogP) is 10.1. The summed E-state index contributed by atoms with van der Waals surface area (Å²) >= 11 is 0. The highest BCUT2D eigenvalue weighted by molar-refractivity contribution is 6.20. The average molecular weight is 526 g/mol. The van der Waals surface area contributed by atoms with Crippen molar-refractivity contribution in [2.75, 3.05) is 0 Å². The van der Waals surface area contributed by atoms with E-state index in [0.717, 1.165) is 16.8 Å². The number of rotatable bonds is 3. The molecule has 0 N–H and O–H groups in total. The Morgan fingerprint density at radius 3 is 2.12 bits per heavy atom. The first-order valence-corrected chi connectivity index (χ1v) is 14.3. The van der Waals surface area contributed by atoms with Gasteiger partial charge in [0.1, 0.15) is 0 Å². The van der Waals surface area contributed by atoms with E-state index in [2.05, 4.69) is 144 Å². The lowest BCUT2D eigenvalue weighted by Gasteiger charge is -2.15. The molecule has 0 saturated carbocycles. The molecule has 3 heteroatoms. The molecule has 3 nitrogen and oxygen atoms in total. The molecule has 0 aliphatic heterocycles. The number of imidazole rings is 2. The van der Waals surface area contributed by atoms with Crippen LogP contribution in [0.1, 0.15) is 25.3 Å². The molecule has 194 valence electrons. The zero-order valence-corrected chi connectivity index (χ0v) is 23.0. The van der Waals surface area contributed by atoms with Crippen LogP contribution in [-0.2, 0) is 0 Å². The lowest BCUT2D eigenvalue weighted by atomic mass is 9.89. The molecular formula is C38H27N3. The van der Waals surface area contributed by atoms with Crippen molar-refractivity contribution in [1.29, 1.82) is 0 Å². The number of benzene rings is 6. The largest absolute Gasteiger partial charge is 0.277 e. The maximum atomic E-state index is 5.17. The molecule has 6 aromatic carbocycles. The summed E-state index contributed by atoms with van der Waals surface area (Å²) < 4.78 is 4.73. The van der Waals surface area contributed by atoms with Crippen LogP contribution < -0.4 is 0 Å². The zero-order chi connectivity index (χ0) is 27.2. The zero-order valence-electron chi connectivity index (χ0n) is 23.0. The van der Waals surface area contributed by atoms with Crippen molar-refractivity contribution in [3.63, 3.8) is 0 Å². The number of hydrogen-bond acceptors (Lipinski definition) is 1. The molecule has 0 saturated heterocycles. The fourth-order valence-electron chi connectivity index (χ4n) is 6.77. The second-order valence-corrected chi connectivity index (χ2v) is 11.5. The molecule has 0 unspecified atom stereocenters. The summed E-state index contributed by atoms with van der Waals surface area (Å²) in [6.45, 7) is 4.54. The van der Waals surface area contributed by atoms with Crippen LogP contribution in [0.3, 0.4) is 0 Å². The standard InChI is InChI=1S/C38H27N3/c1-23(2)25-16-17-29(24-10-4-3-5-11-24)30(18-25)28-20-32-31-19-26-12-6-7-13-27(26)21-35(31)41-37(32)36(22-28)40-34-15-9-8-14-33(34)39-38(40)41/h3-23H,1-2H3. The molecule has 0 spiro atoms. The number of para-hydroxylation sites is 2. The first-order chi connectivity index (χ1) is 20.2. The monoisotopic (exact) mass is 525 g/mol. The lowest BCUT2D eigenvalue weighted by Crippen LogP contribution is -1.92. The van der Waals surface area contributed by atoms with Crippen molar-refractivity contribution in [3.8, 4) is 22.3 Å². The van der Waals surface area contributed by atoms with Gasteiger partial charge >= 0.3 is 0 Å². The summed E-state index contributed by atoms with van der Waals surface area (Å²) in [6, 6.07) is 44.4. The van der Waals surface area contributed by atoms with Gasteiger partial charge < -0.3 is 0 Å². The Morgan fingerprint density at radius 1 is 0.537 bits per heavy atom. The SMILES string of the molecule is CC(C)c1ccc(-c2ccccc2)c(-c2cc3c4cc5ccccc5cc4n4c3c(c2)n2c3ccccc3nc24)c1. The summed E-state index contributed by atoms with van der Waals surface area (Å²) in [6.07, 6.45) is 0. The van der Waals surface area contributed by atoms with Gasteiger partial charge in [0, 0.05) is 10.8 Å². The van der Waals surface area contributed by atoms with Gasteiger partial charge in [-0.25, -0.2) is 4.98 Å². The van der Waals surface area contributed by atoms with Crippen LogP contribution in [0.2, 0.25) is 0 Å². The van der Waals surface area contributed by atoms with Crippen LogP contribution in [0.15, 0.2) is 121 Å². The quantitative estimate of drug-likeness (QED) is 0.225. The fraction of sp³-hybridized carbons (Fsp3) is 0.0789. The van der Waals surface area contributed by atoms with Gasteiger partial charge in [-0.15, -0.1) is 0 Å². The average Bonchev–Trinajstić information content (AvgIpc) is 3.65. The van der Waals surface area contributed by atoms with Gasteiger partial charge in [0.05, 0.1) is 27.6 Å². The van der Waals surface area contributed by atoms with E-state index < -0.39 is 0 Å². The second-order valence-electron chi connectivity index (χ2n) is 11.5. The van der Waals surface area contributed by atoms with Crippen LogP contribution >= 0.6 is 0 Å². The Labute approximate surface area is 237 Å². The molecule has 9 rings (SSSR count). The highest BCUT2D eigenvalue weighted by Crippen LogP contribution is 2.43. The minimum absolute atomic E-state index is 0.440. The van der Waals surface area contributed by atoms with Crippen LogP contribution in [0.25, 0.3) is 77.2 Å². The van der Waals surface area contributed by atoms with E-state index in [1.54, 1.807) is 0 Å². The molecule has 9 aromatic rings. The maximum absolute atomic E-state index is 5.17. The van der Waals surface area contributed by atoms with Crippen molar-refractivity contribution < 1.29 is 0 Å². The van der Waals surface area contributed by atoms with E-state index in [-0.39, 0.29) is 0 Å². The van der Waals surface area contributed by atoms with Gasteiger partial charge in [0.15, 0.2) is 0 Å². The molecular weight excluding hydrogens is 498 g/mol. The third kappa shape index (κ3) is 3.12. The molecule has 0 bridgehead atoms. The van der Waals surface area contributed by atoms with Gasteiger partial charge in [-0.2, -0.15) is 0 Å². The Morgan fingerprint density at radius 2 is 1.29 bits per heavy atom. The minimum atomic E-state index is 0.440. The first kappa shape index (κ1) is 22.6. The molecule has 0 aliphatic rings. The smallest absolute Gasteiger partial charge is 0.220 e. The van der Waals surface area contributed by atoms with E-state index in [4.69, 9.17) is 4.98 Å². The highest BCUT2D eigenvalue weighted by atomic mass is 15.2. The summed E-state index contributed by atoms with van der Waals surface area (Å²) in [4.78, 5) is 5.17. The molecule has 41 heavy (non-hydrogen) atoms. The molecule has 3 heterocycles. The normalized spacial score (nSPS) is 12.4. The van der Waals surface area contributed by atoms with Crippen molar-refractivity contribution in [1.82, 2.24) is 13.8 Å². The van der Waals surface area contributed by atoms with Crippen molar-refractivity contribution in [3.05, 3.63) is 127 Å². The summed E-state index contributed by atoms with van der Waals surface area (Å²) in [5.74, 6) is 1.41. The van der Waals surface area contributed by atoms with Crippen LogP contribution in [0, 0.1) is 0 Å². The minimum Gasteiger partial charge on any atom is -0.277 e. The summed E-state index contributed by atoms with van der Waals surface area (Å²) in [5, 5.41) is 5.03. The first-order valence-electron chi connectivity index (χ1n) is 14.3. The molecule has 0 atom stereocenters. The van der Waals surface area contributed by atoms with E-state index in [9.17, 15) is 0 Å². The molecule has 3 aromatic heterocycles. The van der Waals surface area contributed by atoms with Crippen LogP contribution in [0.4, 0.5) is 0 Å². The summed E-state index contributed by atoms with van der Waals surface area (Å²) in [5.41, 5.74) is 12.1. The Bertz CT molecular complexity index is 2440. The van der Waals surface area contributed by atoms with E-state index in [1.807, 2.05) is 0 Å². The second kappa shape index (κ2) is 8.18. The highest BCUT2D eigenvalue weighted by Gasteiger charge is 2.23.